The molecule has 0 amide bonds. The summed E-state index contributed by atoms with van der Waals surface area (Å²) in [5.74, 6) is 2.03. The van der Waals surface area contributed by atoms with Crippen molar-refractivity contribution in [2.75, 3.05) is 0 Å². The maximum absolute atomic E-state index is 2.57. The molecule has 4 rings (SSSR count). The van der Waals surface area contributed by atoms with Crippen LogP contribution in [0, 0.1) is 22.7 Å². The van der Waals surface area contributed by atoms with Gasteiger partial charge in [-0.1, -0.05) is 51.1 Å². The minimum atomic E-state index is 0.541. The molecule has 17 heavy (non-hydrogen) atoms. The van der Waals surface area contributed by atoms with Crippen LogP contribution in [-0.4, -0.2) is 0 Å². The highest BCUT2D eigenvalue weighted by Gasteiger charge is 2.95. The van der Waals surface area contributed by atoms with Gasteiger partial charge in [-0.25, -0.2) is 0 Å². The summed E-state index contributed by atoms with van der Waals surface area (Å²) in [6.45, 7) is 7.52. The SMILES string of the molecule is CC[C@]1(C)[C@]2(C)[C@@H]3CC[C@@H]3[C@]12c1ccccc1. The fourth-order valence-electron chi connectivity index (χ4n) is 6.34. The Labute approximate surface area is 104 Å². The summed E-state index contributed by atoms with van der Waals surface area (Å²) in [7, 11) is 0. The predicted molar refractivity (Wildman–Crippen MR) is 70.8 cm³/mol. The van der Waals surface area contributed by atoms with E-state index in [2.05, 4.69) is 51.1 Å². The zero-order valence-corrected chi connectivity index (χ0v) is 11.2. The maximum Gasteiger partial charge on any atom is 0.0105 e. The summed E-state index contributed by atoms with van der Waals surface area (Å²) in [6, 6.07) is 11.4. The van der Waals surface area contributed by atoms with Gasteiger partial charge in [-0.3, -0.25) is 0 Å². The van der Waals surface area contributed by atoms with Gasteiger partial charge < -0.3 is 0 Å². The monoisotopic (exact) mass is 226 g/mol. The topological polar surface area (TPSA) is 0 Å². The molecule has 0 heteroatoms. The second kappa shape index (κ2) is 2.63. The number of hydrogen-bond donors (Lipinski definition) is 0. The van der Waals surface area contributed by atoms with Crippen LogP contribution in [0.3, 0.4) is 0 Å². The minimum Gasteiger partial charge on any atom is -0.0648 e. The Balaban J connectivity index is 1.89. The predicted octanol–water partition coefficient (Wildman–Crippen LogP) is 4.40. The molecule has 90 valence electrons. The molecule has 0 heterocycles. The van der Waals surface area contributed by atoms with E-state index in [4.69, 9.17) is 0 Å². The lowest BCUT2D eigenvalue weighted by molar-refractivity contribution is -0.0483. The highest BCUT2D eigenvalue weighted by atomic mass is 15.0. The van der Waals surface area contributed by atoms with Crippen LogP contribution in [0.2, 0.25) is 0 Å². The Bertz CT molecular complexity index is 466. The number of hydrogen-bond acceptors (Lipinski definition) is 0. The Hall–Kier alpha value is -0.780. The summed E-state index contributed by atoms with van der Waals surface area (Å²) >= 11 is 0. The molecule has 0 aliphatic heterocycles. The van der Waals surface area contributed by atoms with Crippen LogP contribution in [-0.2, 0) is 5.41 Å². The van der Waals surface area contributed by atoms with Crippen molar-refractivity contribution in [2.24, 2.45) is 22.7 Å². The molecule has 3 aliphatic rings. The van der Waals surface area contributed by atoms with E-state index in [1.165, 1.54) is 19.3 Å². The highest BCUT2D eigenvalue weighted by Crippen LogP contribution is 2.97. The van der Waals surface area contributed by atoms with E-state index >= 15 is 0 Å². The molecule has 3 fully saturated rings. The third kappa shape index (κ3) is 0.687. The van der Waals surface area contributed by atoms with Crippen LogP contribution in [0.25, 0.3) is 0 Å². The Kier molecular flexibility index (Phi) is 1.57. The van der Waals surface area contributed by atoms with Gasteiger partial charge in [-0.2, -0.15) is 0 Å². The molecule has 0 saturated heterocycles. The first kappa shape index (κ1) is 10.2. The van der Waals surface area contributed by atoms with Gasteiger partial charge in [0.1, 0.15) is 0 Å². The number of rotatable bonds is 2. The lowest BCUT2D eigenvalue weighted by Crippen LogP contribution is -2.54. The lowest BCUT2D eigenvalue weighted by Gasteiger charge is -2.58. The third-order valence-corrected chi connectivity index (χ3v) is 7.28. The van der Waals surface area contributed by atoms with E-state index in [0.717, 1.165) is 11.8 Å². The molecule has 0 aromatic heterocycles. The van der Waals surface area contributed by atoms with Crippen molar-refractivity contribution >= 4 is 0 Å². The third-order valence-electron chi connectivity index (χ3n) is 7.28. The summed E-state index contributed by atoms with van der Waals surface area (Å²) in [6.07, 6.45) is 4.31. The van der Waals surface area contributed by atoms with Crippen LogP contribution in [0.4, 0.5) is 0 Å². The van der Waals surface area contributed by atoms with E-state index in [0.29, 0.717) is 16.2 Å². The fourth-order valence-corrected chi connectivity index (χ4v) is 6.34. The fraction of sp³-hybridized carbons (Fsp3) is 0.647. The standard InChI is InChI=1S/C17H22/c1-4-15(2)16(3)13-10-11-14(13)17(15,16)12-8-6-5-7-9-12/h5-9,13-14H,4,10-11H2,1-3H3/t13-,14+,15-,16+,17-/m1/s1. The highest BCUT2D eigenvalue weighted by molar-refractivity contribution is 5.55. The van der Waals surface area contributed by atoms with Gasteiger partial charge >= 0.3 is 0 Å². The Morgan fingerprint density at radius 2 is 1.71 bits per heavy atom. The number of fused-ring (bicyclic) bond motifs is 4. The first-order valence-corrected chi connectivity index (χ1v) is 7.20. The van der Waals surface area contributed by atoms with Gasteiger partial charge in [0.2, 0.25) is 0 Å². The Morgan fingerprint density at radius 3 is 2.24 bits per heavy atom. The second-order valence-electron chi connectivity index (χ2n) is 6.85. The molecule has 5 atom stereocenters. The van der Waals surface area contributed by atoms with E-state index in [9.17, 15) is 0 Å². The normalized spacial score (nSPS) is 54.1. The molecule has 0 radical (unpaired) electrons. The van der Waals surface area contributed by atoms with Crippen molar-refractivity contribution < 1.29 is 0 Å². The summed E-state index contributed by atoms with van der Waals surface area (Å²) in [5.41, 5.74) is 3.35. The molecular weight excluding hydrogens is 204 g/mol. The van der Waals surface area contributed by atoms with Crippen LogP contribution in [0.5, 0.6) is 0 Å². The van der Waals surface area contributed by atoms with Crippen LogP contribution >= 0.6 is 0 Å². The van der Waals surface area contributed by atoms with E-state index in [-0.39, 0.29) is 0 Å². The molecule has 0 unspecified atom stereocenters. The van der Waals surface area contributed by atoms with E-state index in [1.807, 2.05) is 0 Å². The molecule has 0 spiro atoms. The largest absolute Gasteiger partial charge is 0.0648 e. The van der Waals surface area contributed by atoms with Gasteiger partial charge in [0, 0.05) is 5.41 Å². The molecule has 0 bridgehead atoms. The molecule has 0 nitrogen and oxygen atoms in total. The van der Waals surface area contributed by atoms with Crippen molar-refractivity contribution in [3.05, 3.63) is 35.9 Å². The van der Waals surface area contributed by atoms with Crippen molar-refractivity contribution in [3.63, 3.8) is 0 Å². The van der Waals surface area contributed by atoms with Crippen LogP contribution < -0.4 is 0 Å². The van der Waals surface area contributed by atoms with Crippen molar-refractivity contribution in [1.29, 1.82) is 0 Å². The van der Waals surface area contributed by atoms with Gasteiger partial charge in [-0.05, 0) is 47.5 Å². The van der Waals surface area contributed by atoms with Gasteiger partial charge in [0.15, 0.2) is 0 Å². The zero-order valence-electron chi connectivity index (χ0n) is 11.2. The minimum absolute atomic E-state index is 0.541. The van der Waals surface area contributed by atoms with E-state index in [1.54, 1.807) is 5.56 Å². The average Bonchev–Trinajstić information content (AvgIpc) is 2.70. The first-order chi connectivity index (χ1) is 8.14. The molecule has 3 saturated carbocycles. The molecule has 1 aromatic rings. The lowest BCUT2D eigenvalue weighted by atomic mass is 9.46. The van der Waals surface area contributed by atoms with Gasteiger partial charge in [0.05, 0.1) is 0 Å². The second-order valence-corrected chi connectivity index (χ2v) is 6.85. The van der Waals surface area contributed by atoms with Crippen LogP contribution in [0.15, 0.2) is 30.3 Å². The van der Waals surface area contributed by atoms with Crippen molar-refractivity contribution in [1.82, 2.24) is 0 Å². The maximum atomic E-state index is 2.57. The zero-order chi connectivity index (χ0) is 11.9. The summed E-state index contributed by atoms with van der Waals surface area (Å²) in [4.78, 5) is 0. The van der Waals surface area contributed by atoms with Gasteiger partial charge in [-0.15, -0.1) is 0 Å². The number of benzene rings is 1. The van der Waals surface area contributed by atoms with Crippen molar-refractivity contribution in [3.8, 4) is 0 Å². The molecule has 1 aromatic carbocycles. The van der Waals surface area contributed by atoms with E-state index < -0.39 is 0 Å². The summed E-state index contributed by atoms with van der Waals surface area (Å²) in [5, 5.41) is 0. The quantitative estimate of drug-likeness (QED) is 0.701. The molecular formula is C17H22. The smallest absolute Gasteiger partial charge is 0.0105 e. The average molecular weight is 226 g/mol. The summed E-state index contributed by atoms with van der Waals surface area (Å²) < 4.78 is 0. The van der Waals surface area contributed by atoms with Crippen LogP contribution in [0.1, 0.15) is 45.6 Å². The first-order valence-electron chi connectivity index (χ1n) is 7.20. The Morgan fingerprint density at radius 1 is 1.06 bits per heavy atom. The molecule has 3 aliphatic carbocycles. The van der Waals surface area contributed by atoms with Gasteiger partial charge in [0.25, 0.3) is 0 Å². The van der Waals surface area contributed by atoms with Crippen molar-refractivity contribution in [2.45, 2.75) is 45.4 Å². The molecule has 0 N–H and O–H groups in total.